The van der Waals surface area contributed by atoms with Crippen molar-refractivity contribution in [3.8, 4) is 0 Å². The van der Waals surface area contributed by atoms with Gasteiger partial charge in [0.15, 0.2) is 5.84 Å². The Hall–Kier alpha value is -1.26. The number of nitrogens with two attached hydrogens (primary N) is 1. The number of likely N-dealkylation sites (N-methyl/N-ethyl adjacent to an activating group) is 1. The number of amides is 1. The van der Waals surface area contributed by atoms with Crippen molar-refractivity contribution in [3.63, 3.8) is 0 Å². The standard InChI is InChI=1S/C11H21N3O2/c1-11(2)6-4-5-8(11)10(15)14(3)7-9(12)13-16/h8,16H,4-7H2,1-3H3,(H2,12,13). The highest BCUT2D eigenvalue weighted by Crippen LogP contribution is 2.43. The molecule has 0 aromatic heterocycles. The highest BCUT2D eigenvalue weighted by molar-refractivity contribution is 5.88. The molecule has 1 aliphatic rings. The van der Waals surface area contributed by atoms with E-state index < -0.39 is 0 Å². The SMILES string of the molecule is CN(CC(N)=NO)C(=O)C1CCCC1(C)C. The average Bonchev–Trinajstić information content (AvgIpc) is 2.56. The van der Waals surface area contributed by atoms with Crippen LogP contribution in [0.25, 0.3) is 0 Å². The van der Waals surface area contributed by atoms with E-state index in [9.17, 15) is 4.79 Å². The molecule has 1 fully saturated rings. The molecule has 1 unspecified atom stereocenters. The topological polar surface area (TPSA) is 78.9 Å². The molecule has 16 heavy (non-hydrogen) atoms. The molecular weight excluding hydrogens is 206 g/mol. The number of hydrogen-bond donors (Lipinski definition) is 2. The molecule has 1 aliphatic carbocycles. The highest BCUT2D eigenvalue weighted by atomic mass is 16.4. The molecule has 0 radical (unpaired) electrons. The smallest absolute Gasteiger partial charge is 0.226 e. The van der Waals surface area contributed by atoms with Gasteiger partial charge in [-0.05, 0) is 18.3 Å². The first-order chi connectivity index (χ1) is 7.38. The van der Waals surface area contributed by atoms with E-state index in [0.29, 0.717) is 0 Å². The van der Waals surface area contributed by atoms with Gasteiger partial charge in [-0.2, -0.15) is 0 Å². The van der Waals surface area contributed by atoms with Crippen LogP contribution in [0.4, 0.5) is 0 Å². The number of carbonyl (C=O) groups is 1. The van der Waals surface area contributed by atoms with Gasteiger partial charge in [-0.1, -0.05) is 25.4 Å². The lowest BCUT2D eigenvalue weighted by Gasteiger charge is -2.29. The zero-order chi connectivity index (χ0) is 12.3. The second kappa shape index (κ2) is 4.72. The fourth-order valence-corrected chi connectivity index (χ4v) is 2.40. The van der Waals surface area contributed by atoms with E-state index in [1.165, 1.54) is 4.90 Å². The largest absolute Gasteiger partial charge is 0.409 e. The van der Waals surface area contributed by atoms with Crippen molar-refractivity contribution in [2.75, 3.05) is 13.6 Å². The van der Waals surface area contributed by atoms with Crippen molar-refractivity contribution in [2.24, 2.45) is 22.2 Å². The third kappa shape index (κ3) is 2.65. The molecule has 1 atom stereocenters. The Balaban J connectivity index is 2.64. The summed E-state index contributed by atoms with van der Waals surface area (Å²) in [6.45, 7) is 4.43. The van der Waals surface area contributed by atoms with Gasteiger partial charge in [-0.25, -0.2) is 0 Å². The van der Waals surface area contributed by atoms with Crippen molar-refractivity contribution in [3.05, 3.63) is 0 Å². The number of amidine groups is 1. The van der Waals surface area contributed by atoms with Crippen LogP contribution in [0.2, 0.25) is 0 Å². The molecule has 0 aromatic rings. The van der Waals surface area contributed by atoms with Crippen LogP contribution < -0.4 is 5.73 Å². The predicted octanol–water partition coefficient (Wildman–Crippen LogP) is 1.02. The first-order valence-electron chi connectivity index (χ1n) is 5.60. The van der Waals surface area contributed by atoms with Gasteiger partial charge in [-0.3, -0.25) is 4.79 Å². The molecular formula is C11H21N3O2. The van der Waals surface area contributed by atoms with Crippen LogP contribution >= 0.6 is 0 Å². The van der Waals surface area contributed by atoms with E-state index in [2.05, 4.69) is 19.0 Å². The lowest BCUT2D eigenvalue weighted by Crippen LogP contribution is -2.41. The van der Waals surface area contributed by atoms with Crippen LogP contribution in [0, 0.1) is 11.3 Å². The molecule has 0 heterocycles. The molecule has 0 saturated heterocycles. The van der Waals surface area contributed by atoms with Crippen LogP contribution in [0.5, 0.6) is 0 Å². The minimum absolute atomic E-state index is 0.0593. The van der Waals surface area contributed by atoms with E-state index in [4.69, 9.17) is 10.9 Å². The minimum atomic E-state index is 0.0593. The van der Waals surface area contributed by atoms with Crippen LogP contribution in [-0.2, 0) is 4.79 Å². The van der Waals surface area contributed by atoms with Crippen LogP contribution in [0.1, 0.15) is 33.1 Å². The Labute approximate surface area is 96.3 Å². The Morgan fingerprint density at radius 2 is 2.25 bits per heavy atom. The summed E-state index contributed by atoms with van der Waals surface area (Å²) >= 11 is 0. The average molecular weight is 227 g/mol. The molecule has 0 spiro atoms. The molecule has 92 valence electrons. The number of hydrogen-bond acceptors (Lipinski definition) is 3. The third-order valence-electron chi connectivity index (χ3n) is 3.46. The monoisotopic (exact) mass is 227 g/mol. The van der Waals surface area contributed by atoms with Gasteiger partial charge in [-0.15, -0.1) is 0 Å². The fourth-order valence-electron chi connectivity index (χ4n) is 2.40. The number of oxime groups is 1. The second-order valence-electron chi connectivity index (χ2n) is 5.22. The summed E-state index contributed by atoms with van der Waals surface area (Å²) in [5.41, 5.74) is 5.45. The molecule has 5 heteroatoms. The zero-order valence-corrected chi connectivity index (χ0v) is 10.2. The Kier molecular flexibility index (Phi) is 3.78. The molecule has 3 N–H and O–H groups in total. The lowest BCUT2D eigenvalue weighted by molar-refractivity contribution is -0.136. The van der Waals surface area contributed by atoms with Gasteiger partial charge >= 0.3 is 0 Å². The Morgan fingerprint density at radius 3 is 2.69 bits per heavy atom. The van der Waals surface area contributed by atoms with E-state index in [0.717, 1.165) is 19.3 Å². The predicted molar refractivity (Wildman–Crippen MR) is 62.2 cm³/mol. The molecule has 1 rings (SSSR count). The zero-order valence-electron chi connectivity index (χ0n) is 10.2. The van der Waals surface area contributed by atoms with Crippen molar-refractivity contribution in [1.82, 2.24) is 4.90 Å². The summed E-state index contributed by atoms with van der Waals surface area (Å²) in [4.78, 5) is 13.7. The Bertz CT molecular complexity index is 300. The van der Waals surface area contributed by atoms with E-state index in [1.54, 1.807) is 7.05 Å². The first-order valence-corrected chi connectivity index (χ1v) is 5.60. The number of nitrogens with zero attached hydrogens (tertiary/aromatic N) is 2. The van der Waals surface area contributed by atoms with Crippen LogP contribution in [-0.4, -0.2) is 35.4 Å². The molecule has 1 saturated carbocycles. The highest BCUT2D eigenvalue weighted by Gasteiger charge is 2.40. The maximum atomic E-state index is 12.1. The van der Waals surface area contributed by atoms with Gasteiger partial charge in [0, 0.05) is 13.0 Å². The maximum absolute atomic E-state index is 12.1. The minimum Gasteiger partial charge on any atom is -0.409 e. The number of carbonyl (C=O) groups excluding carboxylic acids is 1. The maximum Gasteiger partial charge on any atom is 0.226 e. The Morgan fingerprint density at radius 1 is 1.62 bits per heavy atom. The summed E-state index contributed by atoms with van der Waals surface area (Å²) in [6, 6.07) is 0. The van der Waals surface area contributed by atoms with E-state index >= 15 is 0 Å². The fraction of sp³-hybridized carbons (Fsp3) is 0.818. The quantitative estimate of drug-likeness (QED) is 0.327. The van der Waals surface area contributed by atoms with Crippen molar-refractivity contribution < 1.29 is 10.0 Å². The van der Waals surface area contributed by atoms with Crippen LogP contribution in [0.15, 0.2) is 5.16 Å². The number of rotatable bonds is 3. The molecule has 0 aromatic carbocycles. The van der Waals surface area contributed by atoms with Gasteiger partial charge in [0.25, 0.3) is 0 Å². The first kappa shape index (κ1) is 12.8. The van der Waals surface area contributed by atoms with Crippen molar-refractivity contribution in [1.29, 1.82) is 0 Å². The summed E-state index contributed by atoms with van der Waals surface area (Å²) < 4.78 is 0. The molecule has 0 bridgehead atoms. The summed E-state index contributed by atoms with van der Waals surface area (Å²) in [7, 11) is 1.69. The summed E-state index contributed by atoms with van der Waals surface area (Å²) in [5.74, 6) is 0.213. The summed E-state index contributed by atoms with van der Waals surface area (Å²) in [5, 5.41) is 11.3. The lowest BCUT2D eigenvalue weighted by atomic mass is 9.81. The normalized spacial score (nSPS) is 24.4. The van der Waals surface area contributed by atoms with Crippen LogP contribution in [0.3, 0.4) is 0 Å². The second-order valence-corrected chi connectivity index (χ2v) is 5.22. The molecule has 0 aliphatic heterocycles. The summed E-state index contributed by atoms with van der Waals surface area (Å²) in [6.07, 6.45) is 3.12. The van der Waals surface area contributed by atoms with Gasteiger partial charge in [0.1, 0.15) is 0 Å². The van der Waals surface area contributed by atoms with Gasteiger partial charge in [0.05, 0.1) is 6.54 Å². The van der Waals surface area contributed by atoms with Crippen molar-refractivity contribution >= 4 is 11.7 Å². The van der Waals surface area contributed by atoms with E-state index in [-0.39, 0.29) is 29.6 Å². The molecule has 1 amide bonds. The van der Waals surface area contributed by atoms with Crippen molar-refractivity contribution in [2.45, 2.75) is 33.1 Å². The molecule has 5 nitrogen and oxygen atoms in total. The third-order valence-corrected chi connectivity index (χ3v) is 3.46. The van der Waals surface area contributed by atoms with E-state index in [1.807, 2.05) is 0 Å². The van der Waals surface area contributed by atoms with Gasteiger partial charge < -0.3 is 15.8 Å². The van der Waals surface area contributed by atoms with Gasteiger partial charge in [0.2, 0.25) is 5.91 Å².